The highest BCUT2D eigenvalue weighted by Crippen LogP contribution is 2.29. The van der Waals surface area contributed by atoms with Gasteiger partial charge in [0.05, 0.1) is 36.7 Å². The zero-order chi connectivity index (χ0) is 23.3. The van der Waals surface area contributed by atoms with Crippen molar-refractivity contribution in [1.29, 1.82) is 0 Å². The molecule has 3 rings (SSSR count). The molecule has 0 bridgehead atoms. The van der Waals surface area contributed by atoms with Crippen LogP contribution in [0.15, 0.2) is 40.9 Å². The number of hydrogen-bond donors (Lipinski definition) is 2. The van der Waals surface area contributed by atoms with Gasteiger partial charge in [0.25, 0.3) is 5.91 Å². The van der Waals surface area contributed by atoms with Crippen LogP contribution in [0.4, 0.5) is 11.4 Å². The van der Waals surface area contributed by atoms with Crippen LogP contribution in [-0.4, -0.2) is 69.3 Å². The van der Waals surface area contributed by atoms with Crippen molar-refractivity contribution in [2.75, 3.05) is 57.7 Å². The third-order valence-corrected chi connectivity index (χ3v) is 5.84. The Kier molecular flexibility index (Phi) is 8.05. The SMILES string of the molecule is COC(=O)c1ccc(N2CCN(C)CC2)c(NC(=S)NC(=O)c2cc(Br)ccc2OC)c1. The molecule has 2 N–H and O–H groups in total. The lowest BCUT2D eigenvalue weighted by Crippen LogP contribution is -2.45. The third-order valence-electron chi connectivity index (χ3n) is 5.14. The molecular formula is C22H25BrN4O4S. The van der Waals surface area contributed by atoms with Crippen LogP contribution in [-0.2, 0) is 4.74 Å². The number of carbonyl (C=O) groups is 2. The van der Waals surface area contributed by atoms with E-state index < -0.39 is 11.9 Å². The van der Waals surface area contributed by atoms with Crippen LogP contribution in [0.5, 0.6) is 5.75 Å². The maximum Gasteiger partial charge on any atom is 0.337 e. The number of anilines is 2. The molecule has 1 aliphatic rings. The van der Waals surface area contributed by atoms with E-state index in [2.05, 4.69) is 43.4 Å². The second kappa shape index (κ2) is 10.8. The lowest BCUT2D eigenvalue weighted by Gasteiger charge is -2.35. The van der Waals surface area contributed by atoms with Gasteiger partial charge in [-0.2, -0.15) is 0 Å². The average Bonchev–Trinajstić information content (AvgIpc) is 2.79. The fourth-order valence-electron chi connectivity index (χ4n) is 3.39. The highest BCUT2D eigenvalue weighted by Gasteiger charge is 2.20. The minimum atomic E-state index is -0.452. The highest BCUT2D eigenvalue weighted by molar-refractivity contribution is 9.10. The predicted octanol–water partition coefficient (Wildman–Crippen LogP) is 3.12. The summed E-state index contributed by atoms with van der Waals surface area (Å²) >= 11 is 8.77. The van der Waals surface area contributed by atoms with Crippen LogP contribution in [0.3, 0.4) is 0 Å². The number of amides is 1. The van der Waals surface area contributed by atoms with Crippen molar-refractivity contribution in [3.63, 3.8) is 0 Å². The van der Waals surface area contributed by atoms with Crippen molar-refractivity contribution in [1.82, 2.24) is 10.2 Å². The van der Waals surface area contributed by atoms with E-state index >= 15 is 0 Å². The highest BCUT2D eigenvalue weighted by atomic mass is 79.9. The Bertz CT molecular complexity index is 1020. The van der Waals surface area contributed by atoms with Gasteiger partial charge in [-0.3, -0.25) is 10.1 Å². The minimum Gasteiger partial charge on any atom is -0.496 e. The van der Waals surface area contributed by atoms with Crippen molar-refractivity contribution < 1.29 is 19.1 Å². The van der Waals surface area contributed by atoms with Crippen LogP contribution < -0.4 is 20.3 Å². The molecule has 2 aromatic carbocycles. The van der Waals surface area contributed by atoms with Crippen LogP contribution in [0.1, 0.15) is 20.7 Å². The van der Waals surface area contributed by atoms with Crippen LogP contribution in [0, 0.1) is 0 Å². The first-order chi connectivity index (χ1) is 15.3. The molecular weight excluding hydrogens is 496 g/mol. The molecule has 170 valence electrons. The number of rotatable bonds is 5. The number of carbonyl (C=O) groups excluding carboxylic acids is 2. The van der Waals surface area contributed by atoms with Gasteiger partial charge in [0.1, 0.15) is 5.75 Å². The first kappa shape index (κ1) is 24.0. The summed E-state index contributed by atoms with van der Waals surface area (Å²) in [5.74, 6) is -0.433. The number of likely N-dealkylation sites (N-methyl/N-ethyl adjacent to an activating group) is 1. The van der Waals surface area contributed by atoms with Gasteiger partial charge in [0, 0.05) is 30.7 Å². The summed E-state index contributed by atoms with van der Waals surface area (Å²) in [7, 11) is 4.91. The average molecular weight is 521 g/mol. The Morgan fingerprint density at radius 2 is 1.78 bits per heavy atom. The molecule has 1 fully saturated rings. The Morgan fingerprint density at radius 3 is 2.44 bits per heavy atom. The number of thiocarbonyl (C=S) groups is 1. The summed E-state index contributed by atoms with van der Waals surface area (Å²) in [6.07, 6.45) is 0. The summed E-state index contributed by atoms with van der Waals surface area (Å²) in [5.41, 5.74) is 2.23. The predicted molar refractivity (Wildman–Crippen MR) is 132 cm³/mol. The minimum absolute atomic E-state index is 0.106. The molecule has 0 aromatic heterocycles. The molecule has 32 heavy (non-hydrogen) atoms. The van der Waals surface area contributed by atoms with Gasteiger partial charge in [-0.05, 0) is 55.7 Å². The van der Waals surface area contributed by atoms with E-state index in [1.807, 2.05) is 6.07 Å². The fourth-order valence-corrected chi connectivity index (χ4v) is 3.95. The zero-order valence-electron chi connectivity index (χ0n) is 18.1. The summed E-state index contributed by atoms with van der Waals surface area (Å²) in [4.78, 5) is 29.3. The Balaban J connectivity index is 1.82. The van der Waals surface area contributed by atoms with Gasteiger partial charge in [0.2, 0.25) is 0 Å². The van der Waals surface area contributed by atoms with Gasteiger partial charge >= 0.3 is 5.97 Å². The second-order valence-electron chi connectivity index (χ2n) is 7.27. The maximum atomic E-state index is 12.8. The maximum absolute atomic E-state index is 12.8. The smallest absolute Gasteiger partial charge is 0.337 e. The first-order valence-corrected chi connectivity index (χ1v) is 11.1. The number of methoxy groups -OCH3 is 2. The van der Waals surface area contributed by atoms with Crippen molar-refractivity contribution in [3.05, 3.63) is 52.0 Å². The molecule has 2 aromatic rings. The number of nitrogens with one attached hydrogen (secondary N) is 2. The molecule has 0 spiro atoms. The Labute approximate surface area is 201 Å². The number of benzene rings is 2. The number of halogens is 1. The molecule has 0 atom stereocenters. The summed E-state index contributed by atoms with van der Waals surface area (Å²) in [5, 5.41) is 5.87. The van der Waals surface area contributed by atoms with E-state index in [9.17, 15) is 9.59 Å². The van der Waals surface area contributed by atoms with Crippen molar-refractivity contribution in [3.8, 4) is 5.75 Å². The van der Waals surface area contributed by atoms with E-state index in [1.54, 1.807) is 30.3 Å². The third kappa shape index (κ3) is 5.76. The molecule has 0 aliphatic carbocycles. The monoisotopic (exact) mass is 520 g/mol. The Morgan fingerprint density at radius 1 is 1.06 bits per heavy atom. The van der Waals surface area contributed by atoms with Crippen molar-refractivity contribution >= 4 is 56.5 Å². The summed E-state index contributed by atoms with van der Waals surface area (Å²) in [6.45, 7) is 3.50. The molecule has 1 saturated heterocycles. The quantitative estimate of drug-likeness (QED) is 0.459. The van der Waals surface area contributed by atoms with Gasteiger partial charge in [-0.1, -0.05) is 15.9 Å². The summed E-state index contributed by atoms with van der Waals surface area (Å²) < 4.78 is 10.9. The molecule has 1 aliphatic heterocycles. The van der Waals surface area contributed by atoms with Gasteiger partial charge in [-0.15, -0.1) is 0 Å². The zero-order valence-corrected chi connectivity index (χ0v) is 20.5. The number of hydrogen-bond acceptors (Lipinski definition) is 7. The Hall–Kier alpha value is -2.69. The van der Waals surface area contributed by atoms with E-state index in [0.717, 1.165) is 36.3 Å². The lowest BCUT2D eigenvalue weighted by molar-refractivity contribution is 0.0600. The van der Waals surface area contributed by atoms with E-state index in [4.69, 9.17) is 21.7 Å². The van der Waals surface area contributed by atoms with Crippen molar-refractivity contribution in [2.45, 2.75) is 0 Å². The van der Waals surface area contributed by atoms with Crippen LogP contribution >= 0.6 is 28.1 Å². The van der Waals surface area contributed by atoms with Crippen molar-refractivity contribution in [2.24, 2.45) is 0 Å². The van der Waals surface area contributed by atoms with E-state index in [-0.39, 0.29) is 5.11 Å². The van der Waals surface area contributed by atoms with Gasteiger partial charge < -0.3 is 24.6 Å². The molecule has 8 nitrogen and oxygen atoms in total. The second-order valence-corrected chi connectivity index (χ2v) is 8.59. The normalized spacial score (nSPS) is 13.9. The molecule has 1 heterocycles. The van der Waals surface area contributed by atoms with Crippen LogP contribution in [0.2, 0.25) is 0 Å². The number of esters is 1. The fraction of sp³-hybridized carbons (Fsp3) is 0.318. The standard InChI is InChI=1S/C22H25BrN4O4S/c1-26-8-10-27(11-9-26)18-6-4-14(21(29)31-3)12-17(18)24-22(32)25-20(28)16-13-15(23)5-7-19(16)30-2/h4-7,12-13H,8-11H2,1-3H3,(H2,24,25,28,32). The summed E-state index contributed by atoms with van der Waals surface area (Å²) in [6, 6.07) is 10.4. The first-order valence-electron chi connectivity index (χ1n) is 9.94. The molecule has 0 unspecified atom stereocenters. The molecule has 1 amide bonds. The number of nitrogens with zero attached hydrogens (tertiary/aromatic N) is 2. The molecule has 0 saturated carbocycles. The van der Waals surface area contributed by atoms with Gasteiger partial charge in [0.15, 0.2) is 5.11 Å². The number of piperazine rings is 1. The molecule has 10 heteroatoms. The number of ether oxygens (including phenoxy) is 2. The lowest BCUT2D eigenvalue weighted by atomic mass is 10.1. The topological polar surface area (TPSA) is 83.1 Å². The largest absolute Gasteiger partial charge is 0.496 e. The molecule has 0 radical (unpaired) electrons. The van der Waals surface area contributed by atoms with Crippen LogP contribution in [0.25, 0.3) is 0 Å². The van der Waals surface area contributed by atoms with E-state index in [1.165, 1.54) is 14.2 Å². The van der Waals surface area contributed by atoms with E-state index in [0.29, 0.717) is 22.6 Å². The van der Waals surface area contributed by atoms with Gasteiger partial charge in [-0.25, -0.2) is 4.79 Å².